The summed E-state index contributed by atoms with van der Waals surface area (Å²) < 4.78 is 0. The minimum atomic E-state index is -1.13. The topological polar surface area (TPSA) is 109 Å². The highest BCUT2D eigenvalue weighted by atomic mass is 16.4. The maximum absolute atomic E-state index is 11.3. The van der Waals surface area contributed by atoms with Crippen LogP contribution >= 0.6 is 0 Å². The number of carbonyl (C=O) groups is 1. The van der Waals surface area contributed by atoms with Crippen LogP contribution in [0.3, 0.4) is 0 Å². The van der Waals surface area contributed by atoms with E-state index < -0.39 is 11.7 Å². The molecule has 6 nitrogen and oxygen atoms in total. The highest BCUT2D eigenvalue weighted by Crippen LogP contribution is 2.33. The molecule has 2 rings (SSSR count). The van der Waals surface area contributed by atoms with Gasteiger partial charge in [0.25, 0.3) is 0 Å². The van der Waals surface area contributed by atoms with Crippen molar-refractivity contribution in [2.24, 2.45) is 0 Å². The Labute approximate surface area is 97.9 Å². The largest absolute Gasteiger partial charge is 0.477 e. The number of nitrogens with one attached hydrogen (secondary N) is 1. The van der Waals surface area contributed by atoms with E-state index in [4.69, 9.17) is 10.8 Å². The van der Waals surface area contributed by atoms with E-state index in [1.54, 1.807) is 0 Å². The van der Waals surface area contributed by atoms with Crippen molar-refractivity contribution in [2.45, 2.75) is 38.0 Å². The lowest BCUT2D eigenvalue weighted by atomic mass is 9.85. The number of carboxylic acid groups (broad SMARTS) is 1. The maximum Gasteiger partial charge on any atom is 0.347 e. The summed E-state index contributed by atoms with van der Waals surface area (Å²) in [7, 11) is 0. The number of aromatic carboxylic acids is 1. The summed E-state index contributed by atoms with van der Waals surface area (Å²) in [6.45, 7) is 0. The Morgan fingerprint density at radius 3 is 2.59 bits per heavy atom. The maximum atomic E-state index is 11.3. The van der Waals surface area contributed by atoms with Crippen LogP contribution in [-0.2, 0) is 0 Å². The fourth-order valence-electron chi connectivity index (χ4n) is 2.43. The number of anilines is 1. The molecule has 92 valence electrons. The Morgan fingerprint density at radius 2 is 2.00 bits per heavy atom. The minimum Gasteiger partial charge on any atom is -0.477 e. The third kappa shape index (κ3) is 2.30. The molecule has 1 aromatic rings. The van der Waals surface area contributed by atoms with Gasteiger partial charge in [0, 0.05) is 11.6 Å². The highest BCUT2D eigenvalue weighted by molar-refractivity contribution is 5.93. The summed E-state index contributed by atoms with van der Waals surface area (Å²) in [6.07, 6.45) is 5.03. The lowest BCUT2D eigenvalue weighted by Gasteiger charge is -2.22. The molecule has 0 unspecified atom stereocenters. The average Bonchev–Trinajstić information content (AvgIpc) is 2.28. The lowest BCUT2D eigenvalue weighted by molar-refractivity contribution is 0.0694. The number of nitrogens with zero attached hydrogens (tertiary/aromatic N) is 1. The number of rotatable bonds is 2. The Balaban J connectivity index is 2.50. The molecule has 1 aliphatic rings. The van der Waals surface area contributed by atoms with Gasteiger partial charge in [0.1, 0.15) is 11.4 Å². The van der Waals surface area contributed by atoms with Crippen LogP contribution in [-0.4, -0.2) is 21.0 Å². The van der Waals surface area contributed by atoms with Gasteiger partial charge in [-0.1, -0.05) is 19.3 Å². The molecule has 0 atom stereocenters. The molecule has 0 aliphatic heterocycles. The molecule has 6 heteroatoms. The zero-order valence-electron chi connectivity index (χ0n) is 9.40. The zero-order valence-corrected chi connectivity index (χ0v) is 9.40. The highest BCUT2D eigenvalue weighted by Gasteiger charge is 2.25. The van der Waals surface area contributed by atoms with Crippen molar-refractivity contribution in [1.82, 2.24) is 9.97 Å². The molecular formula is C11H15N3O3. The van der Waals surface area contributed by atoms with E-state index in [-0.39, 0.29) is 17.3 Å². The van der Waals surface area contributed by atoms with Gasteiger partial charge < -0.3 is 15.8 Å². The van der Waals surface area contributed by atoms with Crippen LogP contribution in [0, 0.1) is 0 Å². The van der Waals surface area contributed by atoms with Crippen molar-refractivity contribution in [2.75, 3.05) is 5.73 Å². The van der Waals surface area contributed by atoms with E-state index in [1.165, 1.54) is 0 Å². The minimum absolute atomic E-state index is 0.0449. The Bertz CT molecular complexity index is 489. The molecule has 1 saturated carbocycles. The molecular weight excluding hydrogens is 222 g/mol. The Hall–Kier alpha value is -1.85. The smallest absolute Gasteiger partial charge is 0.347 e. The number of aromatic nitrogens is 2. The first-order chi connectivity index (χ1) is 8.09. The predicted molar refractivity (Wildman–Crippen MR) is 62.1 cm³/mol. The van der Waals surface area contributed by atoms with Crippen LogP contribution in [0.1, 0.15) is 54.1 Å². The monoisotopic (exact) mass is 237 g/mol. The first-order valence-electron chi connectivity index (χ1n) is 5.72. The van der Waals surface area contributed by atoms with Gasteiger partial charge in [-0.25, -0.2) is 9.59 Å². The molecule has 17 heavy (non-hydrogen) atoms. The van der Waals surface area contributed by atoms with Gasteiger partial charge in [0.2, 0.25) is 0 Å². The zero-order chi connectivity index (χ0) is 12.4. The predicted octanol–water partition coefficient (Wildman–Crippen LogP) is 1.10. The van der Waals surface area contributed by atoms with Crippen LogP contribution < -0.4 is 11.4 Å². The molecule has 1 heterocycles. The van der Waals surface area contributed by atoms with Crippen molar-refractivity contribution in [3.8, 4) is 0 Å². The van der Waals surface area contributed by atoms with E-state index in [2.05, 4.69) is 9.97 Å². The van der Waals surface area contributed by atoms with Gasteiger partial charge in [0.05, 0.1) is 0 Å². The summed E-state index contributed by atoms with van der Waals surface area (Å²) in [5, 5.41) is 9.13. The van der Waals surface area contributed by atoms with Crippen LogP contribution in [0.15, 0.2) is 4.79 Å². The normalized spacial score (nSPS) is 16.9. The van der Waals surface area contributed by atoms with E-state index >= 15 is 0 Å². The molecule has 0 bridgehead atoms. The molecule has 0 radical (unpaired) electrons. The molecule has 4 N–H and O–H groups in total. The molecule has 1 aromatic heterocycles. The first-order valence-corrected chi connectivity index (χ1v) is 5.72. The lowest BCUT2D eigenvalue weighted by Crippen LogP contribution is -2.23. The number of H-pyrrole nitrogens is 1. The summed E-state index contributed by atoms with van der Waals surface area (Å²) in [6, 6.07) is 0. The molecule has 0 saturated heterocycles. The number of hydrogen-bond donors (Lipinski definition) is 3. The van der Waals surface area contributed by atoms with Gasteiger partial charge >= 0.3 is 11.7 Å². The van der Waals surface area contributed by atoms with Gasteiger partial charge in [-0.15, -0.1) is 0 Å². The number of aromatic amines is 1. The fourth-order valence-corrected chi connectivity index (χ4v) is 2.43. The summed E-state index contributed by atoms with van der Waals surface area (Å²) in [5.41, 5.74) is 5.34. The second-order valence-electron chi connectivity index (χ2n) is 4.36. The van der Waals surface area contributed by atoms with Crippen LogP contribution in [0.4, 0.5) is 5.82 Å². The second-order valence-corrected chi connectivity index (χ2v) is 4.36. The van der Waals surface area contributed by atoms with Crippen molar-refractivity contribution < 1.29 is 9.90 Å². The number of hydrogen-bond acceptors (Lipinski definition) is 4. The summed E-state index contributed by atoms with van der Waals surface area (Å²) in [5.74, 6) is -1.25. The van der Waals surface area contributed by atoms with E-state index in [0.717, 1.165) is 32.1 Å². The van der Waals surface area contributed by atoms with Crippen molar-refractivity contribution >= 4 is 11.8 Å². The van der Waals surface area contributed by atoms with Gasteiger partial charge in [-0.3, -0.25) is 0 Å². The SMILES string of the molecule is Nc1nc(=O)[nH]c(C2CCCCC2)c1C(=O)O. The van der Waals surface area contributed by atoms with Crippen molar-refractivity contribution in [3.05, 3.63) is 21.7 Å². The van der Waals surface area contributed by atoms with Crippen molar-refractivity contribution in [1.29, 1.82) is 0 Å². The fraction of sp³-hybridized carbons (Fsp3) is 0.545. The van der Waals surface area contributed by atoms with Crippen LogP contribution in [0.5, 0.6) is 0 Å². The van der Waals surface area contributed by atoms with E-state index in [9.17, 15) is 9.59 Å². The third-order valence-corrected chi connectivity index (χ3v) is 3.22. The van der Waals surface area contributed by atoms with E-state index in [0.29, 0.717) is 5.69 Å². The molecule has 0 amide bonds. The first kappa shape index (κ1) is 11.6. The number of carboxylic acids is 1. The quantitative estimate of drug-likeness (QED) is 0.713. The number of nitrogens with two attached hydrogens (primary N) is 1. The molecule has 1 aliphatic carbocycles. The second kappa shape index (κ2) is 4.57. The molecule has 1 fully saturated rings. The third-order valence-electron chi connectivity index (χ3n) is 3.22. The molecule has 0 spiro atoms. The Kier molecular flexibility index (Phi) is 3.12. The van der Waals surface area contributed by atoms with Crippen molar-refractivity contribution in [3.63, 3.8) is 0 Å². The van der Waals surface area contributed by atoms with Gasteiger partial charge in [-0.05, 0) is 12.8 Å². The average molecular weight is 237 g/mol. The Morgan fingerprint density at radius 1 is 1.35 bits per heavy atom. The van der Waals surface area contributed by atoms with Crippen LogP contribution in [0.2, 0.25) is 0 Å². The van der Waals surface area contributed by atoms with Crippen LogP contribution in [0.25, 0.3) is 0 Å². The standard InChI is InChI=1S/C11H15N3O3/c12-9-7(10(15)16)8(13-11(17)14-9)6-4-2-1-3-5-6/h6H,1-5H2,(H,15,16)(H3,12,13,14,17). The summed E-state index contributed by atoms with van der Waals surface area (Å²) in [4.78, 5) is 28.4. The van der Waals surface area contributed by atoms with Gasteiger partial charge in [-0.2, -0.15) is 4.98 Å². The molecule has 0 aromatic carbocycles. The van der Waals surface area contributed by atoms with E-state index in [1.807, 2.05) is 0 Å². The van der Waals surface area contributed by atoms with Gasteiger partial charge in [0.15, 0.2) is 0 Å². The number of nitrogen functional groups attached to an aromatic ring is 1. The summed E-state index contributed by atoms with van der Waals surface area (Å²) >= 11 is 0.